The molecular formula is C62H66BClF4N12O8S2. The number of hydrogen-bond donors (Lipinski definition) is 4. The van der Waals surface area contributed by atoms with E-state index in [1.165, 1.54) is 81.2 Å². The zero-order valence-corrected chi connectivity index (χ0v) is 53.3. The van der Waals surface area contributed by atoms with E-state index in [0.717, 1.165) is 21.9 Å². The number of thioether (sulfide) groups is 2. The number of phenolic OH excluding ortho intramolecular Hbond substituents is 2. The molecule has 4 atom stereocenters. The van der Waals surface area contributed by atoms with Crippen LogP contribution in [0.15, 0.2) is 118 Å². The molecule has 6 aromatic heterocycles. The summed E-state index contributed by atoms with van der Waals surface area (Å²) in [7, 11) is -1.98. The Bertz CT molecular complexity index is 4180. The number of phenols is 2. The summed E-state index contributed by atoms with van der Waals surface area (Å²) in [6.45, 7) is 24.0. The van der Waals surface area contributed by atoms with Crippen LogP contribution in [0.3, 0.4) is 0 Å². The zero-order chi connectivity index (χ0) is 65.9. The highest BCUT2D eigenvalue weighted by molar-refractivity contribution is 7.99. The number of carbonyl (C=O) groups is 2. The van der Waals surface area contributed by atoms with Crippen molar-refractivity contribution in [3.05, 3.63) is 159 Å². The van der Waals surface area contributed by atoms with Crippen molar-refractivity contribution in [2.45, 2.75) is 101 Å². The van der Waals surface area contributed by atoms with E-state index in [1.807, 2.05) is 83.8 Å². The molecule has 2 aliphatic heterocycles. The zero-order valence-electron chi connectivity index (χ0n) is 50.9. The summed E-state index contributed by atoms with van der Waals surface area (Å²) in [5.74, 6) is -4.24. The molecule has 20 nitrogen and oxygen atoms in total. The number of rotatable bonds is 12. The average molecular weight is 1290 g/mol. The number of amides is 2. The Morgan fingerprint density at radius 2 is 1.06 bits per heavy atom. The number of fused-ring (bicyclic) bond motifs is 2. The first kappa shape index (κ1) is 67.6. The van der Waals surface area contributed by atoms with Gasteiger partial charge in [-0.1, -0.05) is 64.6 Å². The number of piperazine rings is 2. The summed E-state index contributed by atoms with van der Waals surface area (Å²) in [6, 6.07) is 12.2. The minimum Gasteiger partial charge on any atom is -0.508 e. The Morgan fingerprint density at radius 1 is 0.622 bits per heavy atom. The summed E-state index contributed by atoms with van der Waals surface area (Å²) >= 11 is 8.99. The molecule has 4 N–H and O–H groups in total. The molecular weight excluding hydrogens is 1230 g/mol. The number of aromatic nitrogens is 8. The molecule has 0 unspecified atom stereocenters. The van der Waals surface area contributed by atoms with Gasteiger partial charge in [-0.2, -0.15) is 9.97 Å². The lowest BCUT2D eigenvalue weighted by Crippen LogP contribution is -2.58. The van der Waals surface area contributed by atoms with Gasteiger partial charge < -0.3 is 39.9 Å². The molecule has 2 fully saturated rings. The third kappa shape index (κ3) is 13.4. The van der Waals surface area contributed by atoms with Crippen LogP contribution in [0.1, 0.15) is 78.6 Å². The van der Waals surface area contributed by atoms with Crippen LogP contribution >= 0.6 is 35.1 Å². The van der Waals surface area contributed by atoms with Crippen molar-refractivity contribution in [2.75, 3.05) is 48.5 Å². The summed E-state index contributed by atoms with van der Waals surface area (Å²) in [6.07, 6.45) is 9.68. The molecule has 10 rings (SSSR count). The smallest absolute Gasteiger partial charge is 0.495 e. The molecule has 2 aromatic carbocycles. The number of halogens is 5. The predicted molar refractivity (Wildman–Crippen MR) is 344 cm³/mol. The Hall–Kier alpha value is -8.37. The van der Waals surface area contributed by atoms with Gasteiger partial charge in [0.25, 0.3) is 0 Å². The second-order valence-corrected chi connectivity index (χ2v) is 24.1. The maximum Gasteiger partial charge on any atom is 0.495 e. The molecule has 8 heterocycles. The average Bonchev–Trinajstić information content (AvgIpc) is 0.745. The highest BCUT2D eigenvalue weighted by Gasteiger charge is 2.37. The predicted octanol–water partition coefficient (Wildman–Crippen LogP) is 8.92. The van der Waals surface area contributed by atoms with Gasteiger partial charge in [-0.25, -0.2) is 46.3 Å². The Labute approximate surface area is 529 Å². The molecule has 90 heavy (non-hydrogen) atoms. The van der Waals surface area contributed by atoms with E-state index in [4.69, 9.17) is 26.8 Å². The molecule has 2 saturated heterocycles. The fraction of sp³-hybridized carbons (Fsp3) is 0.323. The monoisotopic (exact) mass is 1290 g/mol. The second-order valence-electron chi connectivity index (χ2n) is 22.0. The first-order chi connectivity index (χ1) is 42.7. The molecule has 2 aliphatic rings. The van der Waals surface area contributed by atoms with Gasteiger partial charge in [0.1, 0.15) is 40.5 Å². The molecule has 0 spiro atoms. The quantitative estimate of drug-likeness (QED) is 0.0293. The number of aromatic hydroxyl groups is 2. The molecule has 0 aliphatic carbocycles. The Balaban J connectivity index is 0.000000201. The van der Waals surface area contributed by atoms with E-state index >= 15 is 4.39 Å². The second kappa shape index (κ2) is 28.2. The van der Waals surface area contributed by atoms with Gasteiger partial charge in [-0.3, -0.25) is 19.6 Å². The summed E-state index contributed by atoms with van der Waals surface area (Å²) in [4.78, 5) is 88.1. The highest BCUT2D eigenvalue weighted by Crippen LogP contribution is 2.40. The largest absolute Gasteiger partial charge is 0.508 e. The first-order valence-corrected chi connectivity index (χ1v) is 31.2. The van der Waals surface area contributed by atoms with E-state index in [9.17, 15) is 37.5 Å². The lowest BCUT2D eigenvalue weighted by atomic mass is 9.79. The van der Waals surface area contributed by atoms with Crippen molar-refractivity contribution < 1.29 is 47.4 Å². The fourth-order valence-corrected chi connectivity index (χ4v) is 12.3. The van der Waals surface area contributed by atoms with Gasteiger partial charge in [0.05, 0.1) is 44.6 Å². The fourth-order valence-electron chi connectivity index (χ4n) is 11.0. The summed E-state index contributed by atoms with van der Waals surface area (Å²) in [5, 5.41) is 36.7. The van der Waals surface area contributed by atoms with Crippen LogP contribution in [0.25, 0.3) is 44.7 Å². The lowest BCUT2D eigenvalue weighted by molar-refractivity contribution is -0.129. The summed E-state index contributed by atoms with van der Waals surface area (Å²) in [5.41, 5.74) is -0.0679. The highest BCUT2D eigenvalue weighted by atomic mass is 35.5. The van der Waals surface area contributed by atoms with Crippen LogP contribution in [-0.2, 0) is 9.59 Å². The van der Waals surface area contributed by atoms with Crippen molar-refractivity contribution >= 4 is 93.2 Å². The van der Waals surface area contributed by atoms with E-state index in [-0.39, 0.29) is 75.5 Å². The third-order valence-electron chi connectivity index (χ3n) is 15.3. The number of nitrogens with zero attached hydrogens (tertiary/aromatic N) is 12. The van der Waals surface area contributed by atoms with E-state index in [2.05, 4.69) is 43.1 Å². The molecule has 2 amide bonds. The number of hydrogen-bond acceptors (Lipinski definition) is 18. The number of pyridine rings is 4. The molecule has 0 radical (unpaired) electrons. The van der Waals surface area contributed by atoms with Gasteiger partial charge in [-0.15, -0.1) is 23.5 Å². The lowest BCUT2D eigenvalue weighted by Gasteiger charge is -2.44. The maximum atomic E-state index is 15.9. The molecule has 0 saturated carbocycles. The van der Waals surface area contributed by atoms with E-state index < -0.39 is 70.0 Å². The van der Waals surface area contributed by atoms with Crippen molar-refractivity contribution in [1.29, 1.82) is 0 Å². The van der Waals surface area contributed by atoms with Crippen molar-refractivity contribution in [1.82, 2.24) is 48.8 Å². The van der Waals surface area contributed by atoms with Crippen LogP contribution in [0, 0.1) is 23.3 Å². The molecule has 472 valence electrons. The van der Waals surface area contributed by atoms with E-state index in [0.29, 0.717) is 60.1 Å². The maximum absolute atomic E-state index is 15.9. The Morgan fingerprint density at radius 3 is 1.46 bits per heavy atom. The van der Waals surface area contributed by atoms with Crippen LogP contribution in [0.2, 0.25) is 5.15 Å². The van der Waals surface area contributed by atoms with Crippen LogP contribution < -0.4 is 26.6 Å². The number of anilines is 2. The van der Waals surface area contributed by atoms with Crippen molar-refractivity contribution in [3.8, 4) is 34.1 Å². The normalized spacial score (nSPS) is 16.7. The van der Waals surface area contributed by atoms with Crippen LogP contribution in [0.5, 0.6) is 11.5 Å². The topological polar surface area (TPSA) is 249 Å². The van der Waals surface area contributed by atoms with Crippen molar-refractivity contribution in [3.63, 3.8) is 0 Å². The number of carbonyl (C=O) groups excluding carboxylic acids is 2. The van der Waals surface area contributed by atoms with Crippen molar-refractivity contribution in [2.24, 2.45) is 0 Å². The Kier molecular flexibility index (Phi) is 21.2. The van der Waals surface area contributed by atoms with Gasteiger partial charge in [0.2, 0.25) is 11.8 Å². The van der Waals surface area contributed by atoms with Crippen LogP contribution in [-0.4, -0.2) is 151 Å². The van der Waals surface area contributed by atoms with Gasteiger partial charge in [-0.05, 0) is 113 Å². The first-order valence-electron chi connectivity index (χ1n) is 28.4. The minimum absolute atomic E-state index is 0.000920. The van der Waals surface area contributed by atoms with Gasteiger partial charge in [0.15, 0.2) is 28.1 Å². The molecule has 0 bridgehead atoms. The van der Waals surface area contributed by atoms with Gasteiger partial charge in [0, 0.05) is 72.5 Å². The van der Waals surface area contributed by atoms with Gasteiger partial charge >= 0.3 is 18.5 Å². The standard InChI is InChI=1S/C31H32F2N6O3S.C25H28ClFN6O2S.C6H6BFO3/c1-7-24(41)37-14-18(5)38(15-17(37)4)29-19-13-21(33)27(25-20(32)9-8-10-22(25)40)35-30(19)39(31(42)36-29)28-23(43-6)11-12-34-26(28)16(2)3;1-7-19(34)31-11-15(5)32(12-14(31)4)23-16-10-17(27)22(26)29-24(16)33(25(35)30-23)21-18(36-6)8-9-28-20(21)13(2)3;8-4-2-1-3-5(9)6(4)7(10)11/h7-13,16-18,40H,1,14-15H2,2-6H3;7-10,13-15H,1,11-12H2,2-6H3;1-3,9-11H/t17-,18+;14-,15+;/m11./s1. The molecule has 28 heteroatoms. The SMILES string of the molecule is C=CC(=O)N1C[C@H](C)N(c2nc(=O)n(-c3c(SC)ccnc3C(C)C)c3nc(-c4c(O)cccc4F)c(F)cc23)C[C@H]1C.C=CC(=O)N1C[C@H](C)N(c2nc(=O)n(-c3c(SC)ccnc3C(C)C)c3nc(Cl)c(F)cc23)C[C@H]1C.OB(O)c1c(O)cccc1F. The number of benzene rings is 2. The summed E-state index contributed by atoms with van der Waals surface area (Å²) < 4.78 is 61.0. The van der Waals surface area contributed by atoms with Crippen LogP contribution in [0.4, 0.5) is 29.2 Å². The van der Waals surface area contributed by atoms with E-state index in [1.54, 1.807) is 28.3 Å². The molecule has 8 aromatic rings. The minimum atomic E-state index is -1.98. The third-order valence-corrected chi connectivity index (χ3v) is 17.1.